The second-order valence-corrected chi connectivity index (χ2v) is 6.65. The molecule has 1 heterocycles. The third-order valence-corrected chi connectivity index (χ3v) is 4.76. The molecule has 1 N–H and O–H groups in total. The van der Waals surface area contributed by atoms with Crippen LogP contribution in [0.5, 0.6) is 11.5 Å². The number of rotatable bonds is 8. The summed E-state index contributed by atoms with van der Waals surface area (Å²) in [7, 11) is 3.14. The highest BCUT2D eigenvalue weighted by molar-refractivity contribution is 8.01. The molecule has 0 fully saturated rings. The average Bonchev–Trinajstić information content (AvgIpc) is 3.05. The van der Waals surface area contributed by atoms with Gasteiger partial charge in [-0.15, -0.1) is 16.8 Å². The van der Waals surface area contributed by atoms with Crippen molar-refractivity contribution >= 4 is 40.2 Å². The number of carbonyl (C=O) groups excluding carboxylic acids is 1. The lowest BCUT2D eigenvalue weighted by atomic mass is 10.2. The van der Waals surface area contributed by atoms with Crippen LogP contribution in [0.1, 0.15) is 5.56 Å². The van der Waals surface area contributed by atoms with Crippen molar-refractivity contribution in [2.75, 3.05) is 25.3 Å². The van der Waals surface area contributed by atoms with Crippen molar-refractivity contribution in [2.45, 2.75) is 4.34 Å². The van der Waals surface area contributed by atoms with Crippen LogP contribution < -0.4 is 14.8 Å². The Morgan fingerprint density at radius 2 is 2.12 bits per heavy atom. The monoisotopic (exact) mass is 363 g/mol. The highest BCUT2D eigenvalue weighted by atomic mass is 32.2. The van der Waals surface area contributed by atoms with E-state index >= 15 is 0 Å². The molecular weight excluding hydrogens is 346 g/mol. The molecule has 0 bridgehead atoms. The molecule has 1 aromatic heterocycles. The molecule has 0 saturated heterocycles. The van der Waals surface area contributed by atoms with Crippen molar-refractivity contribution < 1.29 is 14.3 Å². The first-order valence-electron chi connectivity index (χ1n) is 6.94. The number of anilines is 1. The lowest BCUT2D eigenvalue weighted by Gasteiger charge is -2.07. The standard InChI is InChI=1S/C16H17N3O3S2/c1-4-9-23-16-19-18-15(24-16)17-14(20)8-6-11-5-7-12(21-2)13(10-11)22-3/h4-8,10H,1,9H2,2-3H3,(H,17,18,20). The van der Waals surface area contributed by atoms with Gasteiger partial charge in [0.1, 0.15) is 0 Å². The Morgan fingerprint density at radius 3 is 2.83 bits per heavy atom. The quantitative estimate of drug-likeness (QED) is 0.335. The number of thioether (sulfide) groups is 1. The fourth-order valence-electron chi connectivity index (χ4n) is 1.72. The summed E-state index contributed by atoms with van der Waals surface area (Å²) in [4.78, 5) is 11.9. The summed E-state index contributed by atoms with van der Waals surface area (Å²) in [6.45, 7) is 3.65. The van der Waals surface area contributed by atoms with Crippen LogP contribution >= 0.6 is 23.1 Å². The molecular formula is C16H17N3O3S2. The zero-order chi connectivity index (χ0) is 17.4. The van der Waals surface area contributed by atoms with Crippen LogP contribution in [0.25, 0.3) is 6.08 Å². The minimum atomic E-state index is -0.277. The van der Waals surface area contributed by atoms with E-state index in [0.717, 1.165) is 15.7 Å². The van der Waals surface area contributed by atoms with Gasteiger partial charge < -0.3 is 9.47 Å². The topological polar surface area (TPSA) is 73.3 Å². The van der Waals surface area contributed by atoms with Crippen molar-refractivity contribution in [3.05, 3.63) is 42.5 Å². The number of hydrogen-bond donors (Lipinski definition) is 1. The summed E-state index contributed by atoms with van der Waals surface area (Å²) in [5.41, 5.74) is 0.822. The van der Waals surface area contributed by atoms with E-state index in [-0.39, 0.29) is 5.91 Å². The van der Waals surface area contributed by atoms with E-state index in [1.54, 1.807) is 38.5 Å². The number of carbonyl (C=O) groups is 1. The van der Waals surface area contributed by atoms with E-state index in [9.17, 15) is 4.79 Å². The van der Waals surface area contributed by atoms with Crippen LogP contribution in [0, 0.1) is 0 Å². The molecule has 1 amide bonds. The van der Waals surface area contributed by atoms with Gasteiger partial charge in [0.05, 0.1) is 14.2 Å². The average molecular weight is 363 g/mol. The van der Waals surface area contributed by atoms with Crippen molar-refractivity contribution in [3.8, 4) is 11.5 Å². The third-order valence-electron chi connectivity index (χ3n) is 2.80. The minimum absolute atomic E-state index is 0.277. The maximum Gasteiger partial charge on any atom is 0.250 e. The molecule has 0 aliphatic heterocycles. The lowest BCUT2D eigenvalue weighted by molar-refractivity contribution is -0.111. The van der Waals surface area contributed by atoms with Crippen LogP contribution in [0.15, 0.2) is 41.3 Å². The molecule has 8 heteroatoms. The molecule has 0 unspecified atom stereocenters. The molecule has 0 aliphatic rings. The summed E-state index contributed by atoms with van der Waals surface area (Å²) < 4.78 is 11.2. The molecule has 126 valence electrons. The second-order valence-electron chi connectivity index (χ2n) is 4.41. The first-order chi connectivity index (χ1) is 11.7. The number of methoxy groups -OCH3 is 2. The summed E-state index contributed by atoms with van der Waals surface area (Å²) in [5, 5.41) is 11.1. The number of nitrogens with zero attached hydrogens (tertiary/aromatic N) is 2. The number of hydrogen-bond acceptors (Lipinski definition) is 7. The van der Waals surface area contributed by atoms with Gasteiger partial charge in [-0.1, -0.05) is 35.2 Å². The Balaban J connectivity index is 1.97. The predicted octanol–water partition coefficient (Wildman–Crippen LogP) is 3.49. The van der Waals surface area contributed by atoms with Gasteiger partial charge in [0, 0.05) is 11.8 Å². The Labute approximate surface area is 148 Å². The third kappa shape index (κ3) is 5.10. The van der Waals surface area contributed by atoms with Gasteiger partial charge in [0.15, 0.2) is 15.8 Å². The van der Waals surface area contributed by atoms with Crippen LogP contribution in [0.2, 0.25) is 0 Å². The molecule has 0 spiro atoms. The van der Waals surface area contributed by atoms with Gasteiger partial charge in [-0.3, -0.25) is 10.1 Å². The van der Waals surface area contributed by atoms with Gasteiger partial charge in [0.2, 0.25) is 11.0 Å². The number of aromatic nitrogens is 2. The van der Waals surface area contributed by atoms with Crippen molar-refractivity contribution in [1.29, 1.82) is 0 Å². The fourth-order valence-corrected chi connectivity index (χ4v) is 3.24. The van der Waals surface area contributed by atoms with Crippen LogP contribution in [-0.2, 0) is 4.79 Å². The van der Waals surface area contributed by atoms with Crippen molar-refractivity contribution in [1.82, 2.24) is 10.2 Å². The zero-order valence-electron chi connectivity index (χ0n) is 13.3. The number of nitrogens with one attached hydrogen (secondary N) is 1. The summed E-state index contributed by atoms with van der Waals surface area (Å²) in [5.74, 6) is 1.72. The first-order valence-corrected chi connectivity index (χ1v) is 8.74. The van der Waals surface area contributed by atoms with E-state index in [0.29, 0.717) is 16.6 Å². The fraction of sp³-hybridized carbons (Fsp3) is 0.188. The molecule has 24 heavy (non-hydrogen) atoms. The molecule has 2 rings (SSSR count). The van der Waals surface area contributed by atoms with E-state index < -0.39 is 0 Å². The molecule has 2 aromatic rings. The van der Waals surface area contributed by atoms with Crippen LogP contribution in [0.4, 0.5) is 5.13 Å². The second kappa shape index (κ2) is 9.09. The summed E-state index contributed by atoms with van der Waals surface area (Å²) in [6, 6.07) is 5.40. The molecule has 0 atom stereocenters. The highest BCUT2D eigenvalue weighted by Crippen LogP contribution is 2.28. The normalized spacial score (nSPS) is 10.6. The smallest absolute Gasteiger partial charge is 0.250 e. The van der Waals surface area contributed by atoms with E-state index in [2.05, 4.69) is 22.1 Å². The van der Waals surface area contributed by atoms with E-state index in [1.165, 1.54) is 29.2 Å². The van der Waals surface area contributed by atoms with Crippen LogP contribution in [-0.4, -0.2) is 36.1 Å². The Morgan fingerprint density at radius 1 is 1.33 bits per heavy atom. The summed E-state index contributed by atoms with van der Waals surface area (Å²) in [6.07, 6.45) is 4.90. The van der Waals surface area contributed by atoms with Gasteiger partial charge in [-0.05, 0) is 23.8 Å². The van der Waals surface area contributed by atoms with Gasteiger partial charge in [0.25, 0.3) is 0 Å². The Bertz CT molecular complexity index is 744. The van der Waals surface area contributed by atoms with Gasteiger partial charge >= 0.3 is 0 Å². The SMILES string of the molecule is C=CCSc1nnc(NC(=O)C=Cc2ccc(OC)c(OC)c2)s1. The lowest BCUT2D eigenvalue weighted by Crippen LogP contribution is -2.07. The Kier molecular flexibility index (Phi) is 6.83. The highest BCUT2D eigenvalue weighted by Gasteiger charge is 2.07. The molecule has 0 radical (unpaired) electrons. The maximum atomic E-state index is 11.9. The molecule has 6 nitrogen and oxygen atoms in total. The Hall–Kier alpha value is -2.32. The molecule has 0 aliphatic carbocycles. The number of benzene rings is 1. The summed E-state index contributed by atoms with van der Waals surface area (Å²) >= 11 is 2.84. The van der Waals surface area contributed by atoms with Crippen molar-refractivity contribution in [2.24, 2.45) is 0 Å². The minimum Gasteiger partial charge on any atom is -0.493 e. The number of ether oxygens (including phenoxy) is 2. The predicted molar refractivity (Wildman–Crippen MR) is 98.0 cm³/mol. The van der Waals surface area contributed by atoms with Gasteiger partial charge in [-0.2, -0.15) is 0 Å². The van der Waals surface area contributed by atoms with Crippen LogP contribution in [0.3, 0.4) is 0 Å². The van der Waals surface area contributed by atoms with Crippen molar-refractivity contribution in [3.63, 3.8) is 0 Å². The zero-order valence-corrected chi connectivity index (χ0v) is 14.9. The van der Waals surface area contributed by atoms with E-state index in [1.807, 2.05) is 6.07 Å². The number of amides is 1. The maximum absolute atomic E-state index is 11.9. The molecule has 0 saturated carbocycles. The van der Waals surface area contributed by atoms with Gasteiger partial charge in [-0.25, -0.2) is 0 Å². The first kappa shape index (κ1) is 18.0. The largest absolute Gasteiger partial charge is 0.493 e. The molecule has 1 aromatic carbocycles. The van der Waals surface area contributed by atoms with E-state index in [4.69, 9.17) is 9.47 Å².